The summed E-state index contributed by atoms with van der Waals surface area (Å²) >= 11 is 3.33. The number of amidine groups is 1. The van der Waals surface area contributed by atoms with Crippen LogP contribution in [0.5, 0.6) is 0 Å². The number of hydrogen-bond donors (Lipinski definition) is 2. The summed E-state index contributed by atoms with van der Waals surface area (Å²) in [7, 11) is -3.54. The first-order valence-corrected chi connectivity index (χ1v) is 9.45. The summed E-state index contributed by atoms with van der Waals surface area (Å²) in [5, 5.41) is 2.76. The van der Waals surface area contributed by atoms with Gasteiger partial charge in [-0.1, -0.05) is 28.1 Å². The second kappa shape index (κ2) is 6.74. The van der Waals surface area contributed by atoms with Gasteiger partial charge >= 0.3 is 0 Å². The summed E-state index contributed by atoms with van der Waals surface area (Å²) < 4.78 is 27.2. The molecular formula is C16H14BrN3O3S. The van der Waals surface area contributed by atoms with E-state index in [9.17, 15) is 13.2 Å². The molecule has 0 unspecified atom stereocenters. The summed E-state index contributed by atoms with van der Waals surface area (Å²) in [6.07, 6.45) is 0.156. The van der Waals surface area contributed by atoms with Crippen LogP contribution in [0, 0.1) is 0 Å². The molecule has 0 atom stereocenters. The van der Waals surface area contributed by atoms with Crippen molar-refractivity contribution in [3.8, 4) is 0 Å². The Morgan fingerprint density at radius 2 is 1.83 bits per heavy atom. The van der Waals surface area contributed by atoms with Crippen molar-refractivity contribution in [1.82, 2.24) is 4.72 Å². The molecule has 0 aliphatic carbocycles. The third-order valence-corrected chi connectivity index (χ3v) is 5.33. The Kier molecular flexibility index (Phi) is 4.68. The molecule has 0 spiro atoms. The maximum atomic E-state index is 12.0. The average Bonchev–Trinajstić information content (AvgIpc) is 2.81. The van der Waals surface area contributed by atoms with Crippen LogP contribution in [0.15, 0.2) is 62.9 Å². The normalized spacial score (nSPS) is 16.5. The van der Waals surface area contributed by atoms with Crippen LogP contribution in [0.4, 0.5) is 5.69 Å². The molecule has 0 bridgehead atoms. The van der Waals surface area contributed by atoms with Gasteiger partial charge in [-0.25, -0.2) is 8.42 Å². The number of rotatable bonds is 4. The summed E-state index contributed by atoms with van der Waals surface area (Å²) in [6, 6.07) is 13.9. The van der Waals surface area contributed by atoms with E-state index < -0.39 is 10.0 Å². The molecule has 0 aromatic heterocycles. The Morgan fingerprint density at radius 3 is 2.58 bits per heavy atom. The molecule has 2 N–H and O–H groups in total. The van der Waals surface area contributed by atoms with Crippen LogP contribution in [0.3, 0.4) is 0 Å². The van der Waals surface area contributed by atoms with Crippen LogP contribution >= 0.6 is 15.9 Å². The first-order chi connectivity index (χ1) is 11.5. The number of aliphatic imine (C=N–C) groups is 1. The van der Waals surface area contributed by atoms with Crippen molar-refractivity contribution in [2.24, 2.45) is 4.99 Å². The Labute approximate surface area is 148 Å². The largest absolute Gasteiger partial charge is 0.326 e. The van der Waals surface area contributed by atoms with Gasteiger partial charge in [0.05, 0.1) is 11.4 Å². The second-order valence-electron chi connectivity index (χ2n) is 5.14. The SMILES string of the molecule is O=C(CCN=C1NS(=O)(=O)c2ccccc21)Nc1ccc(Br)cc1. The Balaban J connectivity index is 1.63. The summed E-state index contributed by atoms with van der Waals surface area (Å²) in [6.45, 7) is 0.189. The van der Waals surface area contributed by atoms with Gasteiger partial charge in [0.25, 0.3) is 10.0 Å². The van der Waals surface area contributed by atoms with E-state index in [0.29, 0.717) is 11.3 Å². The first kappa shape index (κ1) is 16.7. The molecule has 24 heavy (non-hydrogen) atoms. The number of amides is 1. The smallest absolute Gasteiger partial charge is 0.263 e. The minimum atomic E-state index is -3.54. The van der Waals surface area contributed by atoms with E-state index in [1.165, 1.54) is 6.07 Å². The van der Waals surface area contributed by atoms with Crippen molar-refractivity contribution in [3.63, 3.8) is 0 Å². The molecule has 1 aliphatic heterocycles. The van der Waals surface area contributed by atoms with Crippen molar-refractivity contribution in [3.05, 3.63) is 58.6 Å². The molecular weight excluding hydrogens is 394 g/mol. The van der Waals surface area contributed by atoms with E-state index in [4.69, 9.17) is 0 Å². The summed E-state index contributed by atoms with van der Waals surface area (Å²) in [5.41, 5.74) is 1.23. The zero-order valence-corrected chi connectivity index (χ0v) is 14.9. The standard InChI is InChI=1S/C16H14BrN3O3S/c17-11-5-7-12(8-6-11)19-15(21)9-10-18-16-13-3-1-2-4-14(13)24(22,23)20-16/h1-8H,9-10H2,(H,18,20)(H,19,21). The summed E-state index contributed by atoms with van der Waals surface area (Å²) in [5.74, 6) is 0.0952. The van der Waals surface area contributed by atoms with Gasteiger partial charge in [-0.15, -0.1) is 0 Å². The average molecular weight is 408 g/mol. The topological polar surface area (TPSA) is 87.6 Å². The maximum Gasteiger partial charge on any atom is 0.263 e. The molecule has 1 amide bonds. The minimum Gasteiger partial charge on any atom is -0.326 e. The van der Waals surface area contributed by atoms with E-state index in [2.05, 4.69) is 31.0 Å². The molecule has 1 heterocycles. The van der Waals surface area contributed by atoms with E-state index >= 15 is 0 Å². The van der Waals surface area contributed by atoms with Crippen LogP contribution in [0.2, 0.25) is 0 Å². The fraction of sp³-hybridized carbons (Fsp3) is 0.125. The van der Waals surface area contributed by atoms with Crippen molar-refractivity contribution < 1.29 is 13.2 Å². The number of carbonyl (C=O) groups excluding carboxylic acids is 1. The highest BCUT2D eigenvalue weighted by molar-refractivity contribution is 9.10. The molecule has 0 fully saturated rings. The minimum absolute atomic E-state index is 0.156. The van der Waals surface area contributed by atoms with E-state index in [-0.39, 0.29) is 29.6 Å². The lowest BCUT2D eigenvalue weighted by atomic mass is 10.2. The lowest BCUT2D eigenvalue weighted by Gasteiger charge is -2.04. The third kappa shape index (κ3) is 3.65. The molecule has 8 heteroatoms. The van der Waals surface area contributed by atoms with Crippen LogP contribution < -0.4 is 10.0 Å². The molecule has 2 aromatic carbocycles. The molecule has 1 aliphatic rings. The first-order valence-electron chi connectivity index (χ1n) is 7.18. The third-order valence-electron chi connectivity index (χ3n) is 3.40. The Morgan fingerprint density at radius 1 is 1.12 bits per heavy atom. The molecule has 124 valence electrons. The Bertz CT molecular complexity index is 908. The number of carbonyl (C=O) groups is 1. The number of hydrogen-bond acceptors (Lipinski definition) is 4. The van der Waals surface area contributed by atoms with Crippen LogP contribution in [0.1, 0.15) is 12.0 Å². The van der Waals surface area contributed by atoms with E-state index in [0.717, 1.165) is 4.47 Å². The molecule has 0 saturated heterocycles. The highest BCUT2D eigenvalue weighted by Crippen LogP contribution is 2.22. The highest BCUT2D eigenvalue weighted by atomic mass is 79.9. The van der Waals surface area contributed by atoms with Gasteiger partial charge in [0.15, 0.2) is 0 Å². The predicted octanol–water partition coefficient (Wildman–Crippen LogP) is 2.52. The Hall–Kier alpha value is -2.19. The lowest BCUT2D eigenvalue weighted by Crippen LogP contribution is -2.23. The van der Waals surface area contributed by atoms with Gasteiger partial charge in [0.2, 0.25) is 5.91 Å². The fourth-order valence-corrected chi connectivity index (χ4v) is 3.79. The number of nitrogens with zero attached hydrogens (tertiary/aromatic N) is 1. The zero-order valence-electron chi connectivity index (χ0n) is 12.5. The number of benzene rings is 2. The van der Waals surface area contributed by atoms with E-state index in [1.807, 2.05) is 12.1 Å². The molecule has 3 rings (SSSR count). The number of sulfonamides is 1. The number of nitrogens with one attached hydrogen (secondary N) is 2. The molecule has 0 radical (unpaired) electrons. The molecule has 6 nitrogen and oxygen atoms in total. The van der Waals surface area contributed by atoms with Crippen LogP contribution in [0.25, 0.3) is 0 Å². The fourth-order valence-electron chi connectivity index (χ4n) is 2.28. The van der Waals surface area contributed by atoms with Crippen molar-refractivity contribution in [1.29, 1.82) is 0 Å². The number of halogens is 1. The second-order valence-corrected chi connectivity index (χ2v) is 7.70. The molecule has 0 saturated carbocycles. The predicted molar refractivity (Wildman–Crippen MR) is 95.6 cm³/mol. The lowest BCUT2D eigenvalue weighted by molar-refractivity contribution is -0.116. The van der Waals surface area contributed by atoms with Gasteiger partial charge in [-0.2, -0.15) is 0 Å². The van der Waals surface area contributed by atoms with Crippen molar-refractivity contribution >= 4 is 43.4 Å². The number of anilines is 1. The van der Waals surface area contributed by atoms with Crippen molar-refractivity contribution in [2.75, 3.05) is 11.9 Å². The zero-order chi connectivity index (χ0) is 17.2. The van der Waals surface area contributed by atoms with Crippen LogP contribution in [-0.2, 0) is 14.8 Å². The van der Waals surface area contributed by atoms with Gasteiger partial charge in [0.1, 0.15) is 5.84 Å². The quantitative estimate of drug-likeness (QED) is 0.815. The highest BCUT2D eigenvalue weighted by Gasteiger charge is 2.29. The molecule has 2 aromatic rings. The van der Waals surface area contributed by atoms with Crippen LogP contribution in [-0.4, -0.2) is 26.7 Å². The monoisotopic (exact) mass is 407 g/mol. The number of fused-ring (bicyclic) bond motifs is 1. The summed E-state index contributed by atoms with van der Waals surface area (Å²) in [4.78, 5) is 16.3. The van der Waals surface area contributed by atoms with Gasteiger partial charge in [-0.05, 0) is 36.4 Å². The van der Waals surface area contributed by atoms with Gasteiger partial charge < -0.3 is 5.32 Å². The van der Waals surface area contributed by atoms with Gasteiger partial charge in [0, 0.05) is 22.1 Å². The van der Waals surface area contributed by atoms with Gasteiger partial charge in [-0.3, -0.25) is 14.5 Å². The van der Waals surface area contributed by atoms with E-state index in [1.54, 1.807) is 30.3 Å². The van der Waals surface area contributed by atoms with Crippen molar-refractivity contribution in [2.45, 2.75) is 11.3 Å². The maximum absolute atomic E-state index is 12.0.